The number of oxazole rings is 1. The number of hydrogen-bond donors (Lipinski definition) is 0. The van der Waals surface area contributed by atoms with Crippen LogP contribution < -0.4 is 0 Å². The van der Waals surface area contributed by atoms with Crippen LogP contribution in [0.2, 0.25) is 0 Å². The van der Waals surface area contributed by atoms with Crippen molar-refractivity contribution < 1.29 is 4.42 Å². The van der Waals surface area contributed by atoms with Crippen molar-refractivity contribution in [1.82, 2.24) is 4.98 Å². The third kappa shape index (κ3) is 2.28. The van der Waals surface area contributed by atoms with E-state index in [0.717, 1.165) is 22.6 Å². The fourth-order valence-electron chi connectivity index (χ4n) is 1.70. The lowest BCUT2D eigenvalue weighted by molar-refractivity contribution is 0.563. The summed E-state index contributed by atoms with van der Waals surface area (Å²) in [6.07, 6.45) is 9.14. The highest BCUT2D eigenvalue weighted by Crippen LogP contribution is 2.29. The van der Waals surface area contributed by atoms with Gasteiger partial charge in [0.05, 0.1) is 11.1 Å². The first kappa shape index (κ1) is 11.0. The van der Waals surface area contributed by atoms with Crippen LogP contribution in [0.4, 0.5) is 0 Å². The summed E-state index contributed by atoms with van der Waals surface area (Å²) in [5.74, 6) is 1.54. The molecule has 0 amide bonds. The van der Waals surface area contributed by atoms with Crippen molar-refractivity contribution in [3.05, 3.63) is 47.7 Å². The average Bonchev–Trinajstić information content (AvgIpc) is 3.00. The molecule has 2 nitrogen and oxygen atoms in total. The Morgan fingerprint density at radius 2 is 2.41 bits per heavy atom. The van der Waals surface area contributed by atoms with E-state index in [2.05, 4.69) is 39.1 Å². The van der Waals surface area contributed by atoms with E-state index in [9.17, 15) is 0 Å². The minimum absolute atomic E-state index is 0.436. The second-order valence-electron chi connectivity index (χ2n) is 3.78. The zero-order chi connectivity index (χ0) is 11.7. The Labute approximate surface area is 112 Å². The van der Waals surface area contributed by atoms with Crippen LogP contribution in [0.1, 0.15) is 12.2 Å². The minimum Gasteiger partial charge on any atom is -0.435 e. The quantitative estimate of drug-likeness (QED) is 0.763. The molecule has 3 rings (SSSR count). The van der Waals surface area contributed by atoms with Crippen molar-refractivity contribution in [2.45, 2.75) is 11.2 Å². The van der Waals surface area contributed by atoms with Crippen LogP contribution in [-0.4, -0.2) is 9.81 Å². The largest absolute Gasteiger partial charge is 0.435 e. The van der Waals surface area contributed by atoms with Gasteiger partial charge < -0.3 is 4.42 Å². The molecule has 0 spiro atoms. The normalized spacial score (nSPS) is 19.4. The van der Waals surface area contributed by atoms with E-state index >= 15 is 0 Å². The van der Waals surface area contributed by atoms with Gasteiger partial charge in [-0.1, -0.05) is 40.2 Å². The van der Waals surface area contributed by atoms with Crippen molar-refractivity contribution in [1.29, 1.82) is 0 Å². The molecule has 1 unspecified atom stereocenters. The van der Waals surface area contributed by atoms with E-state index in [1.54, 1.807) is 17.5 Å². The Bertz CT molecular complexity index is 568. The molecule has 17 heavy (non-hydrogen) atoms. The van der Waals surface area contributed by atoms with Gasteiger partial charge in [-0.3, -0.25) is 0 Å². The predicted octanol–water partition coefficient (Wildman–Crippen LogP) is 4.51. The number of halogens is 1. The molecule has 4 heteroatoms. The fraction of sp³-hybridized carbons (Fsp3) is 0.154. The van der Waals surface area contributed by atoms with E-state index in [1.165, 1.54) is 0 Å². The van der Waals surface area contributed by atoms with Crippen LogP contribution >= 0.6 is 27.3 Å². The third-order valence-electron chi connectivity index (χ3n) is 2.57. The summed E-state index contributed by atoms with van der Waals surface area (Å²) in [6.45, 7) is 0. The topological polar surface area (TPSA) is 26.0 Å². The third-order valence-corrected chi connectivity index (χ3v) is 4.11. The molecule has 0 aromatic carbocycles. The first-order valence-corrected chi connectivity index (χ1v) is 7.15. The molecule has 0 fully saturated rings. The van der Waals surface area contributed by atoms with Gasteiger partial charge in [0.1, 0.15) is 0 Å². The van der Waals surface area contributed by atoms with E-state index in [1.807, 2.05) is 17.5 Å². The number of hydrogen-bond acceptors (Lipinski definition) is 3. The summed E-state index contributed by atoms with van der Waals surface area (Å²) in [5.41, 5.74) is 1.11. The number of alkyl halides is 1. The Morgan fingerprint density at radius 3 is 3.12 bits per heavy atom. The van der Waals surface area contributed by atoms with E-state index < -0.39 is 0 Å². The number of allylic oxidation sites excluding steroid dienone is 4. The maximum atomic E-state index is 5.77. The smallest absolute Gasteiger partial charge is 0.236 e. The molecular weight excluding hydrogens is 298 g/mol. The van der Waals surface area contributed by atoms with Crippen LogP contribution in [0.25, 0.3) is 16.3 Å². The Kier molecular flexibility index (Phi) is 2.99. The zero-order valence-corrected chi connectivity index (χ0v) is 11.4. The lowest BCUT2D eigenvalue weighted by Gasteiger charge is -2.07. The van der Waals surface area contributed by atoms with Crippen molar-refractivity contribution in [2.75, 3.05) is 0 Å². The first-order valence-electron chi connectivity index (χ1n) is 5.35. The van der Waals surface area contributed by atoms with Crippen molar-refractivity contribution in [3.8, 4) is 10.8 Å². The van der Waals surface area contributed by atoms with Crippen LogP contribution in [0.3, 0.4) is 0 Å². The summed E-state index contributed by atoms with van der Waals surface area (Å²) in [4.78, 5) is 5.81. The van der Waals surface area contributed by atoms with Crippen LogP contribution in [-0.2, 0) is 0 Å². The summed E-state index contributed by atoms with van der Waals surface area (Å²) in [5, 5.41) is 2.02. The Morgan fingerprint density at radius 1 is 1.47 bits per heavy atom. The van der Waals surface area contributed by atoms with Gasteiger partial charge in [-0.15, -0.1) is 11.3 Å². The number of rotatable bonds is 2. The monoisotopic (exact) mass is 307 g/mol. The van der Waals surface area contributed by atoms with Crippen molar-refractivity contribution in [2.24, 2.45) is 0 Å². The number of thiophene rings is 1. The molecule has 0 radical (unpaired) electrons. The molecule has 1 aliphatic carbocycles. The molecule has 1 aliphatic rings. The second-order valence-corrected chi connectivity index (χ2v) is 5.90. The van der Waals surface area contributed by atoms with Crippen LogP contribution in [0.5, 0.6) is 0 Å². The molecular formula is C13H10BrNOS. The lowest BCUT2D eigenvalue weighted by atomic mass is 10.1. The highest BCUT2D eigenvalue weighted by atomic mass is 79.9. The number of nitrogens with zero attached hydrogens (tertiary/aromatic N) is 1. The summed E-state index contributed by atoms with van der Waals surface area (Å²) in [6, 6.07) is 4.01. The molecule has 1 atom stereocenters. The highest BCUT2D eigenvalue weighted by Gasteiger charge is 2.12. The van der Waals surface area contributed by atoms with Crippen LogP contribution in [0, 0.1) is 0 Å². The van der Waals surface area contributed by atoms with Crippen LogP contribution in [0.15, 0.2) is 46.4 Å². The molecule has 0 saturated heterocycles. The SMILES string of the molecule is BrC1C=CC(c2cnc(-c3cccs3)o2)=CC1. The molecule has 0 bridgehead atoms. The van der Waals surface area contributed by atoms with E-state index in [4.69, 9.17) is 4.42 Å². The molecule has 2 heterocycles. The molecule has 0 aliphatic heterocycles. The van der Waals surface area contributed by atoms with Crippen molar-refractivity contribution >= 4 is 32.8 Å². The molecule has 0 saturated carbocycles. The summed E-state index contributed by atoms with van der Waals surface area (Å²) in [7, 11) is 0. The predicted molar refractivity (Wildman–Crippen MR) is 74.3 cm³/mol. The van der Waals surface area contributed by atoms with Gasteiger partial charge in [-0.05, 0) is 17.9 Å². The van der Waals surface area contributed by atoms with Gasteiger partial charge in [0.2, 0.25) is 5.89 Å². The molecule has 2 aromatic rings. The van der Waals surface area contributed by atoms with Gasteiger partial charge in [0, 0.05) is 10.4 Å². The van der Waals surface area contributed by atoms with Crippen molar-refractivity contribution in [3.63, 3.8) is 0 Å². The Balaban J connectivity index is 1.89. The van der Waals surface area contributed by atoms with Gasteiger partial charge >= 0.3 is 0 Å². The van der Waals surface area contributed by atoms with E-state index in [0.29, 0.717) is 10.7 Å². The minimum atomic E-state index is 0.436. The first-order chi connectivity index (χ1) is 8.33. The molecule has 0 N–H and O–H groups in total. The van der Waals surface area contributed by atoms with E-state index in [-0.39, 0.29) is 0 Å². The molecule has 86 valence electrons. The second kappa shape index (κ2) is 4.63. The van der Waals surface area contributed by atoms with Gasteiger partial charge in [-0.2, -0.15) is 0 Å². The lowest BCUT2D eigenvalue weighted by Crippen LogP contribution is -1.95. The standard InChI is InChI=1S/C13H10BrNOS/c14-10-5-3-9(4-6-10)11-8-15-13(16-11)12-2-1-7-17-12/h1-5,7-8,10H,6H2. The molecule has 2 aromatic heterocycles. The maximum Gasteiger partial charge on any atom is 0.236 e. The fourth-order valence-corrected chi connectivity index (χ4v) is 2.69. The summed E-state index contributed by atoms with van der Waals surface area (Å²) >= 11 is 5.18. The van der Waals surface area contributed by atoms with Gasteiger partial charge in [0.25, 0.3) is 0 Å². The number of aromatic nitrogens is 1. The Hall–Kier alpha value is -1.13. The maximum absolute atomic E-state index is 5.77. The van der Waals surface area contributed by atoms with Gasteiger partial charge in [-0.25, -0.2) is 4.98 Å². The van der Waals surface area contributed by atoms with Gasteiger partial charge in [0.15, 0.2) is 5.76 Å². The average molecular weight is 308 g/mol. The summed E-state index contributed by atoms with van der Waals surface area (Å²) < 4.78 is 5.77. The zero-order valence-electron chi connectivity index (χ0n) is 8.97. The highest BCUT2D eigenvalue weighted by molar-refractivity contribution is 9.09.